The highest BCUT2D eigenvalue weighted by Gasteiger charge is 2.34. The van der Waals surface area contributed by atoms with E-state index in [2.05, 4.69) is 5.32 Å². The van der Waals surface area contributed by atoms with Gasteiger partial charge in [0.25, 0.3) is 5.91 Å². The Hall–Kier alpha value is -3.96. The lowest BCUT2D eigenvalue weighted by atomic mass is 10.0. The van der Waals surface area contributed by atoms with Crippen molar-refractivity contribution < 1.29 is 14.3 Å². The van der Waals surface area contributed by atoms with Gasteiger partial charge in [-0.05, 0) is 55.0 Å². The normalized spacial score (nSPS) is 14.7. The van der Waals surface area contributed by atoms with Crippen molar-refractivity contribution in [3.05, 3.63) is 119 Å². The van der Waals surface area contributed by atoms with E-state index in [1.807, 2.05) is 104 Å². The fraction of sp³-hybridized carbons (Fsp3) is 0.138. The van der Waals surface area contributed by atoms with Gasteiger partial charge in [0, 0.05) is 22.0 Å². The van der Waals surface area contributed by atoms with Crippen molar-refractivity contribution >= 4 is 28.9 Å². The van der Waals surface area contributed by atoms with Gasteiger partial charge in [-0.1, -0.05) is 66.2 Å². The van der Waals surface area contributed by atoms with Gasteiger partial charge in [-0.15, -0.1) is 0 Å². The highest BCUT2D eigenvalue weighted by atomic mass is 35.5. The van der Waals surface area contributed by atoms with Gasteiger partial charge in [0.1, 0.15) is 12.8 Å². The fourth-order valence-corrected chi connectivity index (χ4v) is 4.39. The molecule has 6 heteroatoms. The van der Waals surface area contributed by atoms with Crippen LogP contribution in [0.2, 0.25) is 5.02 Å². The maximum Gasteiger partial charge on any atom is 0.262 e. The van der Waals surface area contributed by atoms with Crippen molar-refractivity contribution in [1.82, 2.24) is 0 Å². The second kappa shape index (κ2) is 10.1. The molecule has 0 fully saturated rings. The van der Waals surface area contributed by atoms with E-state index >= 15 is 0 Å². The summed E-state index contributed by atoms with van der Waals surface area (Å²) in [5.74, 6) is 1.16. The molecule has 1 atom stereocenters. The molecule has 0 radical (unpaired) electrons. The van der Waals surface area contributed by atoms with Gasteiger partial charge in [0.15, 0.2) is 11.5 Å². The van der Waals surface area contributed by atoms with Crippen LogP contribution in [0.5, 0.6) is 11.5 Å². The average molecular weight is 485 g/mol. The molecular weight excluding hydrogens is 460 g/mol. The van der Waals surface area contributed by atoms with Gasteiger partial charge in [0.05, 0.1) is 12.2 Å². The van der Waals surface area contributed by atoms with E-state index in [0.29, 0.717) is 35.3 Å². The maximum absolute atomic E-state index is 13.6. The first-order valence-electron chi connectivity index (χ1n) is 11.5. The van der Waals surface area contributed by atoms with E-state index in [1.54, 1.807) is 4.90 Å². The molecule has 0 aliphatic carbocycles. The molecule has 0 saturated carbocycles. The van der Waals surface area contributed by atoms with E-state index in [4.69, 9.17) is 21.1 Å². The molecule has 5 nitrogen and oxygen atoms in total. The average Bonchev–Trinajstić information content (AvgIpc) is 2.89. The monoisotopic (exact) mass is 484 g/mol. The molecule has 1 heterocycles. The fourth-order valence-electron chi connectivity index (χ4n) is 4.19. The molecule has 0 aromatic heterocycles. The number of benzene rings is 4. The quantitative estimate of drug-likeness (QED) is 0.304. The number of halogens is 1. The van der Waals surface area contributed by atoms with E-state index in [0.717, 1.165) is 22.5 Å². The second-order valence-corrected chi connectivity index (χ2v) is 8.53. The van der Waals surface area contributed by atoms with E-state index in [1.165, 1.54) is 0 Å². The summed E-state index contributed by atoms with van der Waals surface area (Å²) in [4.78, 5) is 15.4. The number of rotatable bonds is 7. The summed E-state index contributed by atoms with van der Waals surface area (Å²) in [7, 11) is 0. The van der Waals surface area contributed by atoms with Crippen LogP contribution in [0, 0.1) is 0 Å². The molecule has 5 rings (SSSR count). The zero-order chi connectivity index (χ0) is 24.2. The molecule has 4 aromatic rings. The largest absolute Gasteiger partial charge is 0.490 e. The molecule has 0 bridgehead atoms. The third kappa shape index (κ3) is 4.68. The molecule has 0 spiro atoms. The first-order chi connectivity index (χ1) is 17.2. The Morgan fingerprint density at radius 2 is 1.60 bits per heavy atom. The SMILES string of the molecule is CCOc1cc([C@@H]2Nc3ccccc3C(=O)N2c2ccccc2)ccc1OCc1ccccc1Cl. The number of hydrogen-bond acceptors (Lipinski definition) is 4. The Morgan fingerprint density at radius 3 is 2.40 bits per heavy atom. The van der Waals surface area contributed by atoms with Crippen molar-refractivity contribution in [2.24, 2.45) is 0 Å². The first-order valence-corrected chi connectivity index (χ1v) is 11.9. The third-order valence-corrected chi connectivity index (χ3v) is 6.25. The number of nitrogens with zero attached hydrogens (tertiary/aromatic N) is 1. The zero-order valence-corrected chi connectivity index (χ0v) is 20.0. The third-order valence-electron chi connectivity index (χ3n) is 5.89. The molecule has 4 aromatic carbocycles. The summed E-state index contributed by atoms with van der Waals surface area (Å²) >= 11 is 6.29. The molecule has 0 unspecified atom stereocenters. The van der Waals surface area contributed by atoms with Crippen LogP contribution in [0.25, 0.3) is 0 Å². The van der Waals surface area contributed by atoms with Crippen LogP contribution in [0.15, 0.2) is 97.1 Å². The summed E-state index contributed by atoms with van der Waals surface area (Å²) < 4.78 is 12.0. The Bertz CT molecular complexity index is 1340. The summed E-state index contributed by atoms with van der Waals surface area (Å²) in [6.45, 7) is 2.73. The molecule has 1 N–H and O–H groups in total. The van der Waals surface area contributed by atoms with Gasteiger partial charge in [-0.2, -0.15) is 0 Å². The molecule has 35 heavy (non-hydrogen) atoms. The van der Waals surface area contributed by atoms with Crippen molar-refractivity contribution in [2.75, 3.05) is 16.8 Å². The predicted molar refractivity (Wildman–Crippen MR) is 139 cm³/mol. The Kier molecular flexibility index (Phi) is 6.59. The van der Waals surface area contributed by atoms with Crippen LogP contribution in [-0.2, 0) is 6.61 Å². The smallest absolute Gasteiger partial charge is 0.262 e. The van der Waals surface area contributed by atoms with Gasteiger partial charge >= 0.3 is 0 Å². The van der Waals surface area contributed by atoms with Gasteiger partial charge in [-0.25, -0.2) is 0 Å². The molecule has 1 aliphatic heterocycles. The lowest BCUT2D eigenvalue weighted by Crippen LogP contribution is -2.43. The van der Waals surface area contributed by atoms with Crippen molar-refractivity contribution in [2.45, 2.75) is 19.7 Å². The first kappa shape index (κ1) is 22.8. The number of anilines is 2. The Balaban J connectivity index is 1.51. The number of nitrogens with one attached hydrogen (secondary N) is 1. The number of ether oxygens (including phenoxy) is 2. The van der Waals surface area contributed by atoms with Crippen molar-refractivity contribution in [3.8, 4) is 11.5 Å². The van der Waals surface area contributed by atoms with E-state index in [9.17, 15) is 4.79 Å². The Labute approximate surface area is 209 Å². The van der Waals surface area contributed by atoms with Crippen molar-refractivity contribution in [3.63, 3.8) is 0 Å². The van der Waals surface area contributed by atoms with Crippen LogP contribution in [0.3, 0.4) is 0 Å². The van der Waals surface area contributed by atoms with Crippen molar-refractivity contribution in [1.29, 1.82) is 0 Å². The molecule has 176 valence electrons. The van der Waals surface area contributed by atoms with Crippen LogP contribution in [-0.4, -0.2) is 12.5 Å². The minimum Gasteiger partial charge on any atom is -0.490 e. The number of carbonyl (C=O) groups excluding carboxylic acids is 1. The number of para-hydroxylation sites is 2. The zero-order valence-electron chi connectivity index (χ0n) is 19.3. The lowest BCUT2D eigenvalue weighted by molar-refractivity contribution is 0.0975. The predicted octanol–water partition coefficient (Wildman–Crippen LogP) is 7.09. The lowest BCUT2D eigenvalue weighted by Gasteiger charge is -2.38. The molecular formula is C29H25ClN2O3. The number of hydrogen-bond donors (Lipinski definition) is 1. The summed E-state index contributed by atoms with van der Waals surface area (Å²) in [5.41, 5.74) is 4.02. The maximum atomic E-state index is 13.6. The summed E-state index contributed by atoms with van der Waals surface area (Å²) in [5, 5.41) is 4.19. The Morgan fingerprint density at radius 1 is 0.857 bits per heavy atom. The second-order valence-electron chi connectivity index (χ2n) is 8.12. The van der Waals surface area contributed by atoms with Crippen LogP contribution in [0.1, 0.15) is 34.6 Å². The molecule has 1 aliphatic rings. The molecule has 0 saturated heterocycles. The minimum absolute atomic E-state index is 0.0624. The van der Waals surface area contributed by atoms with E-state index in [-0.39, 0.29) is 5.91 Å². The number of fused-ring (bicyclic) bond motifs is 1. The standard InChI is InChI=1S/C29H25ClN2O3/c1-2-34-27-18-20(16-17-26(27)35-19-21-10-6-8-14-24(21)30)28-31-25-15-9-7-13-23(25)29(33)32(28)22-11-4-3-5-12-22/h3-18,28,31H,2,19H2,1H3/t28-/m1/s1. The van der Waals surface area contributed by atoms with Crippen LogP contribution in [0.4, 0.5) is 11.4 Å². The van der Waals surface area contributed by atoms with Gasteiger partial charge in [0.2, 0.25) is 0 Å². The summed E-state index contributed by atoms with van der Waals surface area (Å²) in [6, 6.07) is 30.6. The van der Waals surface area contributed by atoms with E-state index < -0.39 is 6.17 Å². The molecule has 1 amide bonds. The number of carbonyl (C=O) groups is 1. The van der Waals surface area contributed by atoms with Crippen LogP contribution < -0.4 is 19.7 Å². The summed E-state index contributed by atoms with van der Waals surface area (Å²) in [6.07, 6.45) is -0.420. The highest BCUT2D eigenvalue weighted by Crippen LogP contribution is 2.39. The van der Waals surface area contributed by atoms with Gasteiger partial charge < -0.3 is 14.8 Å². The number of amides is 1. The van der Waals surface area contributed by atoms with Gasteiger partial charge in [-0.3, -0.25) is 9.69 Å². The minimum atomic E-state index is -0.420. The topological polar surface area (TPSA) is 50.8 Å². The highest BCUT2D eigenvalue weighted by molar-refractivity contribution is 6.31. The van der Waals surface area contributed by atoms with Crippen LogP contribution >= 0.6 is 11.6 Å².